The number of aromatic nitrogens is 2. The number of primary amides is 1. The molecular formula is C15H15F3N4O2. The van der Waals surface area contributed by atoms with E-state index in [-0.39, 0.29) is 17.7 Å². The lowest BCUT2D eigenvalue weighted by Gasteiger charge is -2.17. The molecule has 9 heteroatoms. The topological polar surface area (TPSA) is 104 Å². The van der Waals surface area contributed by atoms with E-state index < -0.39 is 23.9 Å². The van der Waals surface area contributed by atoms with Crippen LogP contribution in [0.1, 0.15) is 28.9 Å². The van der Waals surface area contributed by atoms with Crippen LogP contribution in [0, 0.1) is 0 Å². The van der Waals surface area contributed by atoms with Crippen LogP contribution in [-0.4, -0.2) is 28.2 Å². The summed E-state index contributed by atoms with van der Waals surface area (Å²) in [5.74, 6) is -1.42. The van der Waals surface area contributed by atoms with Crippen LogP contribution in [0.4, 0.5) is 19.0 Å². The van der Waals surface area contributed by atoms with Gasteiger partial charge >= 0.3 is 6.18 Å². The van der Waals surface area contributed by atoms with Gasteiger partial charge in [-0.2, -0.15) is 18.3 Å². The van der Waals surface area contributed by atoms with Crippen molar-refractivity contribution >= 4 is 18.0 Å². The number of aldehydes is 1. The highest BCUT2D eigenvalue weighted by Gasteiger charge is 2.40. The van der Waals surface area contributed by atoms with Gasteiger partial charge in [0.25, 0.3) is 5.91 Å². The van der Waals surface area contributed by atoms with Crippen LogP contribution in [0.2, 0.25) is 0 Å². The fourth-order valence-corrected chi connectivity index (χ4v) is 2.22. The molecule has 0 radical (unpaired) electrons. The average molecular weight is 340 g/mol. The van der Waals surface area contributed by atoms with E-state index >= 15 is 0 Å². The van der Waals surface area contributed by atoms with E-state index in [4.69, 9.17) is 11.5 Å². The number of nitrogens with zero attached hydrogens (tertiary/aromatic N) is 2. The maximum absolute atomic E-state index is 12.9. The Kier molecular flexibility index (Phi) is 4.63. The number of benzene rings is 1. The van der Waals surface area contributed by atoms with Crippen LogP contribution in [0.15, 0.2) is 24.3 Å². The van der Waals surface area contributed by atoms with Crippen molar-refractivity contribution in [2.75, 3.05) is 5.73 Å². The number of nitrogen functional groups attached to an aromatic ring is 1. The van der Waals surface area contributed by atoms with E-state index in [9.17, 15) is 22.8 Å². The lowest BCUT2D eigenvalue weighted by Crippen LogP contribution is -2.26. The molecule has 0 aliphatic heterocycles. The summed E-state index contributed by atoms with van der Waals surface area (Å²) >= 11 is 0. The third kappa shape index (κ3) is 3.24. The third-order valence-electron chi connectivity index (χ3n) is 3.58. The Morgan fingerprint density at radius 3 is 2.38 bits per heavy atom. The minimum Gasteiger partial charge on any atom is -0.383 e. The molecule has 6 nitrogen and oxygen atoms in total. The smallest absolute Gasteiger partial charge is 0.383 e. The Morgan fingerprint density at radius 1 is 1.33 bits per heavy atom. The Hall–Kier alpha value is -2.84. The lowest BCUT2D eigenvalue weighted by atomic mass is 10.0. The van der Waals surface area contributed by atoms with Crippen molar-refractivity contribution in [2.45, 2.75) is 25.6 Å². The zero-order valence-electron chi connectivity index (χ0n) is 12.7. The van der Waals surface area contributed by atoms with Crippen LogP contribution in [-0.2, 0) is 11.2 Å². The third-order valence-corrected chi connectivity index (χ3v) is 3.58. The molecule has 2 aromatic rings. The predicted molar refractivity (Wildman–Crippen MR) is 81.1 cm³/mol. The highest BCUT2D eigenvalue weighted by Crippen LogP contribution is 2.35. The van der Waals surface area contributed by atoms with Gasteiger partial charge in [-0.3, -0.25) is 4.79 Å². The van der Waals surface area contributed by atoms with Crippen LogP contribution < -0.4 is 11.5 Å². The number of carbonyl (C=O) groups excluding carboxylic acids is 2. The molecule has 128 valence electrons. The molecule has 0 saturated carbocycles. The van der Waals surface area contributed by atoms with Crippen LogP contribution in [0.25, 0.3) is 11.3 Å². The largest absolute Gasteiger partial charge is 0.410 e. The zero-order chi connectivity index (χ0) is 18.1. The number of hydrogen-bond donors (Lipinski definition) is 2. The van der Waals surface area contributed by atoms with E-state index in [2.05, 4.69) is 5.10 Å². The summed E-state index contributed by atoms with van der Waals surface area (Å²) in [5, 5.41) is 3.84. The summed E-state index contributed by atoms with van der Waals surface area (Å²) in [5.41, 5.74) is 11.7. The first-order valence-electron chi connectivity index (χ1n) is 6.94. The maximum atomic E-state index is 12.9. The second kappa shape index (κ2) is 6.34. The van der Waals surface area contributed by atoms with Gasteiger partial charge in [0.05, 0.1) is 0 Å². The van der Waals surface area contributed by atoms with E-state index in [0.29, 0.717) is 15.8 Å². The second-order valence-electron chi connectivity index (χ2n) is 5.20. The normalized spacial score (nSPS) is 12.8. The molecule has 1 aromatic heterocycles. The Balaban J connectivity index is 2.57. The summed E-state index contributed by atoms with van der Waals surface area (Å²) in [6.45, 7) is 0.880. The van der Waals surface area contributed by atoms with Gasteiger partial charge in [-0.05, 0) is 12.5 Å². The summed E-state index contributed by atoms with van der Waals surface area (Å²) in [7, 11) is 0. The number of halogens is 3. The lowest BCUT2D eigenvalue weighted by molar-refractivity contribution is -0.164. The number of amides is 1. The van der Waals surface area contributed by atoms with Gasteiger partial charge in [0.15, 0.2) is 0 Å². The number of anilines is 1. The molecule has 2 rings (SSSR count). The molecule has 1 amide bonds. The zero-order valence-corrected chi connectivity index (χ0v) is 12.7. The summed E-state index contributed by atoms with van der Waals surface area (Å²) in [6.07, 6.45) is -3.66. The van der Waals surface area contributed by atoms with Gasteiger partial charge in [0.1, 0.15) is 29.4 Å². The summed E-state index contributed by atoms with van der Waals surface area (Å²) in [6, 6.07) is 4.28. The Morgan fingerprint density at radius 2 is 1.92 bits per heavy atom. The number of hydrogen-bond acceptors (Lipinski definition) is 4. The first-order valence-corrected chi connectivity index (χ1v) is 6.94. The van der Waals surface area contributed by atoms with Gasteiger partial charge in [-0.15, -0.1) is 0 Å². The second-order valence-corrected chi connectivity index (χ2v) is 5.20. The minimum atomic E-state index is -4.58. The molecule has 0 aliphatic carbocycles. The number of rotatable bonds is 5. The SMILES string of the molecule is CC(n1nc(-c2ccc(CC=O)cc2)c(C(N)=O)c1N)C(F)(F)F. The van der Waals surface area contributed by atoms with Crippen molar-refractivity contribution in [3.8, 4) is 11.3 Å². The molecule has 1 atom stereocenters. The van der Waals surface area contributed by atoms with Crippen molar-refractivity contribution in [1.29, 1.82) is 0 Å². The van der Waals surface area contributed by atoms with Crippen molar-refractivity contribution in [3.05, 3.63) is 35.4 Å². The fraction of sp³-hybridized carbons (Fsp3) is 0.267. The highest BCUT2D eigenvalue weighted by molar-refractivity contribution is 6.03. The first-order chi connectivity index (χ1) is 11.2. The predicted octanol–water partition coefficient (Wildman–Crippen LogP) is 2.10. The van der Waals surface area contributed by atoms with Crippen molar-refractivity contribution in [1.82, 2.24) is 9.78 Å². The quantitative estimate of drug-likeness (QED) is 0.813. The number of carbonyl (C=O) groups is 2. The van der Waals surface area contributed by atoms with Gasteiger partial charge in [0.2, 0.25) is 0 Å². The van der Waals surface area contributed by atoms with Crippen LogP contribution in [0.5, 0.6) is 0 Å². The Labute approximate surface area is 135 Å². The Bertz CT molecular complexity index is 766. The summed E-state index contributed by atoms with van der Waals surface area (Å²) in [4.78, 5) is 22.1. The first kappa shape index (κ1) is 17.5. The molecule has 1 aromatic carbocycles. The molecule has 0 bridgehead atoms. The van der Waals surface area contributed by atoms with Crippen molar-refractivity contribution < 1.29 is 22.8 Å². The van der Waals surface area contributed by atoms with Gasteiger partial charge in [-0.1, -0.05) is 24.3 Å². The van der Waals surface area contributed by atoms with Gasteiger partial charge < -0.3 is 16.3 Å². The maximum Gasteiger partial charge on any atom is 0.410 e. The monoisotopic (exact) mass is 340 g/mol. The van der Waals surface area contributed by atoms with E-state index in [0.717, 1.165) is 13.2 Å². The molecule has 24 heavy (non-hydrogen) atoms. The minimum absolute atomic E-state index is 0.0336. The van der Waals surface area contributed by atoms with Crippen LogP contribution in [0.3, 0.4) is 0 Å². The van der Waals surface area contributed by atoms with E-state index in [1.807, 2.05) is 0 Å². The molecule has 1 unspecified atom stereocenters. The van der Waals surface area contributed by atoms with Crippen molar-refractivity contribution in [3.63, 3.8) is 0 Å². The summed E-state index contributed by atoms with van der Waals surface area (Å²) < 4.78 is 39.3. The average Bonchev–Trinajstić information content (AvgIpc) is 2.84. The van der Waals surface area contributed by atoms with E-state index in [1.54, 1.807) is 12.1 Å². The van der Waals surface area contributed by atoms with Gasteiger partial charge in [0, 0.05) is 12.0 Å². The van der Waals surface area contributed by atoms with E-state index in [1.165, 1.54) is 12.1 Å². The highest BCUT2D eigenvalue weighted by atomic mass is 19.4. The molecule has 0 saturated heterocycles. The molecule has 0 fully saturated rings. The fourth-order valence-electron chi connectivity index (χ4n) is 2.22. The molecular weight excluding hydrogens is 325 g/mol. The van der Waals surface area contributed by atoms with Crippen molar-refractivity contribution in [2.24, 2.45) is 5.73 Å². The molecule has 0 aliphatic rings. The standard InChI is InChI=1S/C15H15F3N4O2/c1-8(15(16,17)18)22-13(19)11(14(20)24)12(21-22)10-4-2-9(3-5-10)6-7-23/h2-5,7-8H,6,19H2,1H3,(H2,20,24). The molecule has 0 spiro atoms. The number of alkyl halides is 3. The van der Waals surface area contributed by atoms with Crippen LogP contribution >= 0.6 is 0 Å². The van der Waals surface area contributed by atoms with Gasteiger partial charge in [-0.25, -0.2) is 4.68 Å². The molecule has 4 N–H and O–H groups in total. The number of nitrogens with two attached hydrogens (primary N) is 2. The molecule has 1 heterocycles.